The second-order valence-corrected chi connectivity index (χ2v) is 7.27. The summed E-state index contributed by atoms with van der Waals surface area (Å²) in [6, 6.07) is 2.77. The van der Waals surface area contributed by atoms with Gasteiger partial charge in [-0.25, -0.2) is 18.2 Å². The first kappa shape index (κ1) is 13.9. The number of rotatable bonds is 4. The van der Waals surface area contributed by atoms with Crippen molar-refractivity contribution in [3.63, 3.8) is 0 Å². The van der Waals surface area contributed by atoms with Crippen molar-refractivity contribution in [2.75, 3.05) is 4.72 Å². The van der Waals surface area contributed by atoms with Crippen molar-refractivity contribution >= 4 is 54.8 Å². The molecule has 0 aliphatic rings. The van der Waals surface area contributed by atoms with Crippen LogP contribution in [0.1, 0.15) is 9.67 Å². The Bertz CT molecular complexity index is 929. The van der Waals surface area contributed by atoms with Gasteiger partial charge in [-0.15, -0.1) is 11.3 Å². The number of carbonyl (C=O) groups is 1. The molecule has 21 heavy (non-hydrogen) atoms. The topological polar surface area (TPSA) is 109 Å². The molecule has 0 fully saturated rings. The van der Waals surface area contributed by atoms with Gasteiger partial charge in [-0.05, 0) is 29.0 Å². The van der Waals surface area contributed by atoms with Crippen molar-refractivity contribution in [3.05, 3.63) is 34.8 Å². The van der Waals surface area contributed by atoms with Crippen molar-refractivity contribution in [1.82, 2.24) is 9.36 Å². The molecule has 3 rings (SSSR count). The van der Waals surface area contributed by atoms with E-state index in [0.717, 1.165) is 22.9 Å². The monoisotopic (exact) mass is 341 g/mol. The highest BCUT2D eigenvalue weighted by atomic mass is 32.2. The van der Waals surface area contributed by atoms with E-state index in [1.54, 1.807) is 0 Å². The van der Waals surface area contributed by atoms with Gasteiger partial charge in [0.05, 0.1) is 17.3 Å². The lowest BCUT2D eigenvalue weighted by Gasteiger charge is -2.08. The van der Waals surface area contributed by atoms with Crippen LogP contribution in [0.3, 0.4) is 0 Å². The maximum Gasteiger partial charge on any atom is 0.347 e. The third kappa shape index (κ3) is 2.48. The van der Waals surface area contributed by atoms with Crippen LogP contribution in [0.25, 0.3) is 10.2 Å². The minimum atomic E-state index is -3.99. The van der Waals surface area contributed by atoms with Crippen molar-refractivity contribution in [3.8, 4) is 0 Å². The van der Waals surface area contributed by atoms with Crippen LogP contribution < -0.4 is 4.72 Å². The zero-order valence-electron chi connectivity index (χ0n) is 10.2. The molecule has 0 radical (unpaired) electrons. The predicted octanol–water partition coefficient (Wildman–Crippen LogP) is 2.25. The van der Waals surface area contributed by atoms with Crippen LogP contribution in [0.4, 0.5) is 5.69 Å². The fourth-order valence-corrected chi connectivity index (χ4v) is 4.70. The van der Waals surface area contributed by atoms with Gasteiger partial charge in [-0.3, -0.25) is 4.72 Å². The lowest BCUT2D eigenvalue weighted by Crippen LogP contribution is -2.15. The molecular weight excluding hydrogens is 334 g/mol. The van der Waals surface area contributed by atoms with Gasteiger partial charge in [0.25, 0.3) is 10.0 Å². The first-order valence-electron chi connectivity index (χ1n) is 5.52. The summed E-state index contributed by atoms with van der Waals surface area (Å²) >= 11 is 2.00. The highest BCUT2D eigenvalue weighted by Gasteiger charge is 2.24. The number of fused-ring (bicyclic) bond motifs is 1. The van der Waals surface area contributed by atoms with Gasteiger partial charge in [0, 0.05) is 6.20 Å². The number of sulfonamides is 1. The summed E-state index contributed by atoms with van der Waals surface area (Å²) in [7, 11) is -3.99. The van der Waals surface area contributed by atoms with Crippen molar-refractivity contribution in [2.24, 2.45) is 0 Å². The number of nitrogens with zero attached hydrogens (tertiary/aromatic N) is 2. The molecule has 0 aromatic carbocycles. The molecule has 7 nitrogen and oxygen atoms in total. The number of pyridine rings is 1. The summed E-state index contributed by atoms with van der Waals surface area (Å²) in [5.74, 6) is -1.28. The summed E-state index contributed by atoms with van der Waals surface area (Å²) in [4.78, 5) is 15.2. The smallest absolute Gasteiger partial charge is 0.347 e. The molecule has 0 saturated heterocycles. The van der Waals surface area contributed by atoms with E-state index in [9.17, 15) is 13.2 Å². The van der Waals surface area contributed by atoms with Crippen LogP contribution in [-0.2, 0) is 10.0 Å². The predicted molar refractivity (Wildman–Crippen MR) is 79.5 cm³/mol. The second-order valence-electron chi connectivity index (χ2n) is 3.93. The molecule has 0 unspecified atom stereocenters. The van der Waals surface area contributed by atoms with Gasteiger partial charge < -0.3 is 5.11 Å². The molecule has 0 atom stereocenters. The molecule has 10 heteroatoms. The SMILES string of the molecule is O=C(O)c1sccc1S(=O)(=O)Nc1ccnc2sncc12. The normalized spacial score (nSPS) is 11.6. The van der Waals surface area contributed by atoms with Crippen LogP contribution in [0.15, 0.2) is 34.8 Å². The quantitative estimate of drug-likeness (QED) is 0.753. The number of carboxylic acid groups (broad SMARTS) is 1. The third-order valence-corrected chi connectivity index (χ3v) is 5.78. The van der Waals surface area contributed by atoms with Crippen molar-refractivity contribution in [1.29, 1.82) is 0 Å². The van der Waals surface area contributed by atoms with Gasteiger partial charge in [0.1, 0.15) is 14.6 Å². The summed E-state index contributed by atoms with van der Waals surface area (Å²) in [6.45, 7) is 0. The molecule has 0 aliphatic carbocycles. The number of hydrogen-bond acceptors (Lipinski definition) is 7. The van der Waals surface area contributed by atoms with Crippen LogP contribution >= 0.6 is 22.9 Å². The van der Waals surface area contributed by atoms with Crippen LogP contribution in [0.5, 0.6) is 0 Å². The van der Waals surface area contributed by atoms with Gasteiger partial charge in [0.15, 0.2) is 0 Å². The minimum Gasteiger partial charge on any atom is -0.477 e. The maximum atomic E-state index is 12.3. The van der Waals surface area contributed by atoms with Crippen LogP contribution in [0.2, 0.25) is 0 Å². The molecule has 0 aliphatic heterocycles. The summed E-state index contributed by atoms with van der Waals surface area (Å²) in [5, 5.41) is 11.0. The maximum absolute atomic E-state index is 12.3. The minimum absolute atomic E-state index is 0.226. The highest BCUT2D eigenvalue weighted by molar-refractivity contribution is 7.93. The first-order chi connectivity index (χ1) is 9.99. The molecule has 108 valence electrons. The summed E-state index contributed by atoms with van der Waals surface area (Å²) in [5.41, 5.74) is 0.316. The Morgan fingerprint density at radius 2 is 2.14 bits per heavy atom. The van der Waals surface area contributed by atoms with E-state index < -0.39 is 16.0 Å². The Morgan fingerprint density at radius 3 is 2.90 bits per heavy atom. The molecule has 0 amide bonds. The van der Waals surface area contributed by atoms with Gasteiger partial charge in [0.2, 0.25) is 0 Å². The number of hydrogen-bond donors (Lipinski definition) is 2. The Kier molecular flexibility index (Phi) is 3.35. The van der Waals surface area contributed by atoms with E-state index in [0.29, 0.717) is 15.9 Å². The lowest BCUT2D eigenvalue weighted by molar-refractivity contribution is 0.0698. The van der Waals surface area contributed by atoms with E-state index in [1.165, 1.54) is 29.9 Å². The highest BCUT2D eigenvalue weighted by Crippen LogP contribution is 2.28. The number of aromatic carboxylic acids is 1. The van der Waals surface area contributed by atoms with Gasteiger partial charge >= 0.3 is 5.97 Å². The Labute approximate surface area is 127 Å². The number of aromatic nitrogens is 2. The number of nitrogens with one attached hydrogen (secondary N) is 1. The van der Waals surface area contributed by atoms with E-state index in [1.807, 2.05) is 0 Å². The standard InChI is InChI=1S/C11H7N3O4S3/c15-11(16)9-8(2-4-19-9)21(17,18)14-7-1-3-12-10-6(7)5-13-20-10/h1-5H,(H,12,14)(H,15,16). The second kappa shape index (κ2) is 5.06. The largest absolute Gasteiger partial charge is 0.477 e. The van der Waals surface area contributed by atoms with Crippen LogP contribution in [0, 0.1) is 0 Å². The molecule has 3 heterocycles. The first-order valence-corrected chi connectivity index (χ1v) is 8.65. The van der Waals surface area contributed by atoms with E-state index in [4.69, 9.17) is 5.11 Å². The number of carboxylic acids is 1. The van der Waals surface area contributed by atoms with Crippen molar-refractivity contribution in [2.45, 2.75) is 4.90 Å². The molecule has 2 N–H and O–H groups in total. The Morgan fingerprint density at radius 1 is 1.33 bits per heavy atom. The van der Waals surface area contributed by atoms with Gasteiger partial charge in [-0.1, -0.05) is 0 Å². The number of thiophene rings is 1. The summed E-state index contributed by atoms with van der Waals surface area (Å²) in [6.07, 6.45) is 2.97. The third-order valence-electron chi connectivity index (χ3n) is 2.63. The van der Waals surface area contributed by atoms with E-state index in [2.05, 4.69) is 14.1 Å². The van der Waals surface area contributed by atoms with Crippen LogP contribution in [-0.4, -0.2) is 28.9 Å². The van der Waals surface area contributed by atoms with E-state index in [-0.39, 0.29) is 9.77 Å². The van der Waals surface area contributed by atoms with E-state index >= 15 is 0 Å². The van der Waals surface area contributed by atoms with Gasteiger partial charge in [-0.2, -0.15) is 4.37 Å². The molecular formula is C11H7N3O4S3. The molecule has 0 spiro atoms. The van der Waals surface area contributed by atoms with Crippen molar-refractivity contribution < 1.29 is 18.3 Å². The fraction of sp³-hybridized carbons (Fsp3) is 0. The Balaban J connectivity index is 2.06. The molecule has 3 aromatic heterocycles. The lowest BCUT2D eigenvalue weighted by atomic mass is 10.3. The average Bonchev–Trinajstić information content (AvgIpc) is 3.08. The average molecular weight is 341 g/mol. The zero-order valence-corrected chi connectivity index (χ0v) is 12.6. The molecule has 0 bridgehead atoms. The summed E-state index contributed by atoms with van der Waals surface area (Å²) < 4.78 is 31.0. The number of anilines is 1. The Hall–Kier alpha value is -2.04. The molecule has 0 saturated carbocycles. The zero-order chi connectivity index (χ0) is 15.0. The fourth-order valence-electron chi connectivity index (χ4n) is 1.73. The molecule has 3 aromatic rings.